The predicted molar refractivity (Wildman–Crippen MR) is 45.2 cm³/mol. The van der Waals surface area contributed by atoms with Crippen molar-refractivity contribution < 1.29 is 9.59 Å². The van der Waals surface area contributed by atoms with E-state index in [1.54, 1.807) is 0 Å². The Hall–Kier alpha value is -0.710. The van der Waals surface area contributed by atoms with Gasteiger partial charge in [-0.15, -0.1) is 0 Å². The second-order valence-electron chi connectivity index (χ2n) is 2.22. The lowest BCUT2D eigenvalue weighted by atomic mass is 10.2. The number of primary amides is 1. The summed E-state index contributed by atoms with van der Waals surface area (Å²) >= 11 is 3.91. The molecule has 0 aliphatic carbocycles. The molecular weight excluding hydrogens is 164 g/mol. The van der Waals surface area contributed by atoms with E-state index in [1.165, 1.54) is 6.92 Å². The third-order valence-electron chi connectivity index (χ3n) is 1.22. The average Bonchev–Trinajstić information content (AvgIpc) is 1.87. The molecule has 0 aromatic heterocycles. The topological polar surface area (TPSA) is 72.2 Å². The van der Waals surface area contributed by atoms with Crippen LogP contribution in [-0.4, -0.2) is 24.1 Å². The minimum atomic E-state index is -0.436. The first-order valence-electron chi connectivity index (χ1n) is 3.22. The van der Waals surface area contributed by atoms with E-state index in [2.05, 4.69) is 17.9 Å². The van der Waals surface area contributed by atoms with E-state index < -0.39 is 5.91 Å². The van der Waals surface area contributed by atoms with Crippen molar-refractivity contribution >= 4 is 24.4 Å². The van der Waals surface area contributed by atoms with E-state index in [-0.39, 0.29) is 18.4 Å². The Bertz CT molecular complexity index is 161. The minimum Gasteiger partial charge on any atom is -0.369 e. The SMILES string of the molecule is CC(=O)NCC(CS)C(N)=O. The summed E-state index contributed by atoms with van der Waals surface area (Å²) in [6, 6.07) is 0. The van der Waals surface area contributed by atoms with Gasteiger partial charge in [0, 0.05) is 19.2 Å². The largest absolute Gasteiger partial charge is 0.369 e. The fourth-order valence-electron chi connectivity index (χ4n) is 0.522. The number of amides is 2. The molecule has 11 heavy (non-hydrogen) atoms. The standard InChI is InChI=1S/C6H12N2O2S/c1-4(9)8-2-5(3-11)6(7)10/h5,11H,2-3H2,1H3,(H2,7,10)(H,8,9). The summed E-state index contributed by atoms with van der Waals surface area (Å²) in [6.07, 6.45) is 0. The molecule has 0 saturated heterocycles. The van der Waals surface area contributed by atoms with E-state index in [0.29, 0.717) is 5.75 Å². The summed E-state index contributed by atoms with van der Waals surface area (Å²) in [6.45, 7) is 1.66. The van der Waals surface area contributed by atoms with Crippen LogP contribution in [0.1, 0.15) is 6.92 Å². The fourth-order valence-corrected chi connectivity index (χ4v) is 0.831. The van der Waals surface area contributed by atoms with Crippen LogP contribution in [0.15, 0.2) is 0 Å². The van der Waals surface area contributed by atoms with E-state index in [9.17, 15) is 9.59 Å². The second-order valence-corrected chi connectivity index (χ2v) is 2.58. The van der Waals surface area contributed by atoms with Gasteiger partial charge in [-0.25, -0.2) is 0 Å². The number of nitrogens with one attached hydrogen (secondary N) is 1. The molecule has 1 unspecified atom stereocenters. The zero-order valence-electron chi connectivity index (χ0n) is 6.33. The highest BCUT2D eigenvalue weighted by molar-refractivity contribution is 7.80. The highest BCUT2D eigenvalue weighted by Crippen LogP contribution is 1.95. The maximum Gasteiger partial charge on any atom is 0.223 e. The lowest BCUT2D eigenvalue weighted by molar-refractivity contribution is -0.122. The lowest BCUT2D eigenvalue weighted by Gasteiger charge is -2.09. The van der Waals surface area contributed by atoms with Gasteiger partial charge in [0.25, 0.3) is 0 Å². The van der Waals surface area contributed by atoms with Gasteiger partial charge in [0.05, 0.1) is 5.92 Å². The van der Waals surface area contributed by atoms with Gasteiger partial charge in [-0.1, -0.05) is 0 Å². The van der Waals surface area contributed by atoms with Crippen molar-refractivity contribution in [1.29, 1.82) is 0 Å². The van der Waals surface area contributed by atoms with Crippen LogP contribution in [0.4, 0.5) is 0 Å². The van der Waals surface area contributed by atoms with Crippen molar-refractivity contribution in [3.63, 3.8) is 0 Å². The molecule has 3 N–H and O–H groups in total. The van der Waals surface area contributed by atoms with Gasteiger partial charge in [0.2, 0.25) is 11.8 Å². The molecule has 0 radical (unpaired) electrons. The normalized spacial score (nSPS) is 12.2. The monoisotopic (exact) mass is 176 g/mol. The molecule has 4 nitrogen and oxygen atoms in total. The van der Waals surface area contributed by atoms with Crippen LogP contribution in [-0.2, 0) is 9.59 Å². The molecule has 0 spiro atoms. The first-order chi connectivity index (χ1) is 5.07. The van der Waals surface area contributed by atoms with Gasteiger partial charge in [0.1, 0.15) is 0 Å². The number of thiol groups is 1. The molecule has 0 rings (SSSR count). The molecule has 64 valence electrons. The van der Waals surface area contributed by atoms with Crippen molar-refractivity contribution in [1.82, 2.24) is 5.32 Å². The average molecular weight is 176 g/mol. The number of carbonyl (C=O) groups excluding carboxylic acids is 2. The molecule has 0 heterocycles. The molecule has 0 aliphatic rings. The van der Waals surface area contributed by atoms with Crippen LogP contribution in [0.5, 0.6) is 0 Å². The van der Waals surface area contributed by atoms with E-state index in [0.717, 1.165) is 0 Å². The summed E-state index contributed by atoms with van der Waals surface area (Å²) in [5, 5.41) is 2.49. The Kier molecular flexibility index (Phi) is 4.69. The van der Waals surface area contributed by atoms with Gasteiger partial charge in [-0.2, -0.15) is 12.6 Å². The Morgan fingerprint density at radius 3 is 2.45 bits per heavy atom. The molecule has 5 heteroatoms. The van der Waals surface area contributed by atoms with Crippen LogP contribution < -0.4 is 11.1 Å². The first-order valence-corrected chi connectivity index (χ1v) is 3.85. The van der Waals surface area contributed by atoms with Crippen molar-refractivity contribution in [2.75, 3.05) is 12.3 Å². The Balaban J connectivity index is 3.70. The molecule has 0 bridgehead atoms. The number of carbonyl (C=O) groups is 2. The molecule has 0 saturated carbocycles. The van der Waals surface area contributed by atoms with Crippen molar-refractivity contribution in [2.24, 2.45) is 11.7 Å². The number of hydrogen-bond acceptors (Lipinski definition) is 3. The van der Waals surface area contributed by atoms with E-state index in [1.807, 2.05) is 0 Å². The highest BCUT2D eigenvalue weighted by Gasteiger charge is 2.12. The van der Waals surface area contributed by atoms with Crippen molar-refractivity contribution in [3.05, 3.63) is 0 Å². The third kappa shape index (κ3) is 4.66. The zero-order chi connectivity index (χ0) is 8.85. The summed E-state index contributed by atoms with van der Waals surface area (Å²) in [5.41, 5.74) is 4.99. The maximum atomic E-state index is 10.6. The van der Waals surface area contributed by atoms with Gasteiger partial charge >= 0.3 is 0 Å². The predicted octanol–water partition coefficient (Wildman–Crippen LogP) is -0.846. The van der Waals surface area contributed by atoms with E-state index in [4.69, 9.17) is 5.73 Å². The van der Waals surface area contributed by atoms with Crippen LogP contribution in [0.2, 0.25) is 0 Å². The van der Waals surface area contributed by atoms with Crippen LogP contribution in [0.3, 0.4) is 0 Å². The number of nitrogens with two attached hydrogens (primary N) is 1. The summed E-state index contributed by atoms with van der Waals surface area (Å²) in [7, 11) is 0. The van der Waals surface area contributed by atoms with Crippen molar-refractivity contribution in [2.45, 2.75) is 6.92 Å². The highest BCUT2D eigenvalue weighted by atomic mass is 32.1. The fraction of sp³-hybridized carbons (Fsp3) is 0.667. The Labute approximate surface area is 70.9 Å². The molecule has 1 atom stereocenters. The maximum absolute atomic E-state index is 10.6. The minimum absolute atomic E-state index is 0.168. The third-order valence-corrected chi connectivity index (χ3v) is 1.66. The molecule has 2 amide bonds. The quantitative estimate of drug-likeness (QED) is 0.488. The Morgan fingerprint density at radius 2 is 2.18 bits per heavy atom. The van der Waals surface area contributed by atoms with Crippen molar-refractivity contribution in [3.8, 4) is 0 Å². The molecule has 0 fully saturated rings. The second kappa shape index (κ2) is 5.01. The molecule has 0 aromatic rings. The molecule has 0 aliphatic heterocycles. The van der Waals surface area contributed by atoms with Crippen LogP contribution >= 0.6 is 12.6 Å². The van der Waals surface area contributed by atoms with E-state index >= 15 is 0 Å². The van der Waals surface area contributed by atoms with Gasteiger partial charge in [0.15, 0.2) is 0 Å². The smallest absolute Gasteiger partial charge is 0.223 e. The van der Waals surface area contributed by atoms with Crippen LogP contribution in [0.25, 0.3) is 0 Å². The molecule has 0 aromatic carbocycles. The van der Waals surface area contributed by atoms with Gasteiger partial charge < -0.3 is 11.1 Å². The lowest BCUT2D eigenvalue weighted by Crippen LogP contribution is -2.36. The first kappa shape index (κ1) is 10.3. The molecular formula is C6H12N2O2S. The Morgan fingerprint density at radius 1 is 1.64 bits per heavy atom. The number of hydrogen-bond donors (Lipinski definition) is 3. The number of rotatable bonds is 4. The zero-order valence-corrected chi connectivity index (χ0v) is 7.23. The summed E-state index contributed by atoms with van der Waals surface area (Å²) < 4.78 is 0. The van der Waals surface area contributed by atoms with Gasteiger partial charge in [-0.3, -0.25) is 9.59 Å². The van der Waals surface area contributed by atoms with Crippen LogP contribution in [0, 0.1) is 5.92 Å². The summed E-state index contributed by atoms with van der Waals surface area (Å²) in [4.78, 5) is 21.0. The summed E-state index contributed by atoms with van der Waals surface area (Å²) in [5.74, 6) is -0.621. The van der Waals surface area contributed by atoms with Gasteiger partial charge in [-0.05, 0) is 0 Å².